The molecule has 15 heavy (non-hydrogen) atoms. The summed E-state index contributed by atoms with van der Waals surface area (Å²) in [5.41, 5.74) is 2.69. The van der Waals surface area contributed by atoms with Crippen LogP contribution in [0.15, 0.2) is 0 Å². The smallest absolute Gasteiger partial charge is 0.0741 e. The maximum absolute atomic E-state index is 9.80. The van der Waals surface area contributed by atoms with Crippen molar-refractivity contribution in [1.29, 1.82) is 0 Å². The Morgan fingerprint density at radius 2 is 2.13 bits per heavy atom. The van der Waals surface area contributed by atoms with Crippen LogP contribution in [0.1, 0.15) is 37.2 Å². The van der Waals surface area contributed by atoms with Crippen LogP contribution >= 0.6 is 0 Å². The molecule has 0 radical (unpaired) electrons. The maximum Gasteiger partial charge on any atom is 0.0741 e. The first kappa shape index (κ1) is 12.2. The topological polar surface area (TPSA) is 60.9 Å². The van der Waals surface area contributed by atoms with Crippen molar-refractivity contribution < 1.29 is 5.11 Å². The summed E-state index contributed by atoms with van der Waals surface area (Å²) in [7, 11) is 0. The van der Waals surface area contributed by atoms with E-state index >= 15 is 0 Å². The molecule has 1 unspecified atom stereocenters. The Morgan fingerprint density at radius 3 is 2.60 bits per heavy atom. The van der Waals surface area contributed by atoms with Gasteiger partial charge in [-0.25, -0.2) is 0 Å². The summed E-state index contributed by atoms with van der Waals surface area (Å²) in [5, 5.41) is 20.1. The number of aromatic nitrogens is 2. The molecule has 0 amide bonds. The second-order valence-corrected chi connectivity index (χ2v) is 4.37. The zero-order valence-electron chi connectivity index (χ0n) is 10.0. The Bertz CT molecular complexity index is 298. The third-order valence-corrected chi connectivity index (χ3v) is 2.85. The minimum absolute atomic E-state index is 0.605. The van der Waals surface area contributed by atoms with Crippen molar-refractivity contribution in [3.05, 3.63) is 17.0 Å². The number of H-pyrrole nitrogens is 1. The van der Waals surface area contributed by atoms with E-state index in [1.165, 1.54) is 5.56 Å². The van der Waals surface area contributed by atoms with Gasteiger partial charge < -0.3 is 10.4 Å². The molecule has 0 spiro atoms. The van der Waals surface area contributed by atoms with Crippen molar-refractivity contribution in [2.24, 2.45) is 0 Å². The van der Waals surface area contributed by atoms with Crippen LogP contribution < -0.4 is 5.32 Å². The van der Waals surface area contributed by atoms with Crippen LogP contribution in [0.25, 0.3) is 0 Å². The van der Waals surface area contributed by atoms with E-state index in [4.69, 9.17) is 0 Å². The van der Waals surface area contributed by atoms with Crippen molar-refractivity contribution in [2.45, 2.75) is 46.3 Å². The van der Waals surface area contributed by atoms with Crippen LogP contribution in [-0.4, -0.2) is 27.4 Å². The lowest BCUT2D eigenvalue weighted by Gasteiger charge is -2.21. The van der Waals surface area contributed by atoms with E-state index in [0.29, 0.717) is 6.54 Å². The molecule has 1 aromatic heterocycles. The molecule has 0 fully saturated rings. The summed E-state index contributed by atoms with van der Waals surface area (Å²) in [6.45, 7) is 9.18. The zero-order chi connectivity index (χ0) is 11.5. The average molecular weight is 211 g/mol. The number of hydrogen-bond acceptors (Lipinski definition) is 3. The monoisotopic (exact) mass is 211 g/mol. The van der Waals surface area contributed by atoms with E-state index in [0.717, 1.165) is 24.4 Å². The molecule has 0 aliphatic carbocycles. The minimum atomic E-state index is -0.619. The average Bonchev–Trinajstić information content (AvgIpc) is 2.49. The van der Waals surface area contributed by atoms with Crippen molar-refractivity contribution in [3.8, 4) is 0 Å². The van der Waals surface area contributed by atoms with Crippen LogP contribution in [-0.2, 0) is 6.54 Å². The van der Waals surface area contributed by atoms with Gasteiger partial charge in [-0.2, -0.15) is 5.10 Å². The molecule has 4 heteroatoms. The number of aryl methyl sites for hydroxylation is 2. The lowest BCUT2D eigenvalue weighted by atomic mass is 10.0. The SMILES string of the molecule is CCC(C)(O)CNCc1c(C)n[nH]c1C. The number of aromatic amines is 1. The Labute approximate surface area is 91.1 Å². The minimum Gasteiger partial charge on any atom is -0.389 e. The number of rotatable bonds is 5. The molecule has 0 aliphatic heterocycles. The van der Waals surface area contributed by atoms with Crippen LogP contribution in [0, 0.1) is 13.8 Å². The number of nitrogens with zero attached hydrogens (tertiary/aromatic N) is 1. The first-order valence-corrected chi connectivity index (χ1v) is 5.40. The molecule has 4 nitrogen and oxygen atoms in total. The zero-order valence-corrected chi connectivity index (χ0v) is 10.0. The highest BCUT2D eigenvalue weighted by atomic mass is 16.3. The second kappa shape index (κ2) is 4.77. The van der Waals surface area contributed by atoms with Crippen molar-refractivity contribution >= 4 is 0 Å². The molecular weight excluding hydrogens is 190 g/mol. The first-order valence-electron chi connectivity index (χ1n) is 5.40. The molecule has 0 aliphatic rings. The third kappa shape index (κ3) is 3.32. The highest BCUT2D eigenvalue weighted by Gasteiger charge is 2.17. The maximum atomic E-state index is 9.80. The molecule has 1 aromatic rings. The third-order valence-electron chi connectivity index (χ3n) is 2.85. The van der Waals surface area contributed by atoms with Gasteiger partial charge in [-0.1, -0.05) is 6.92 Å². The van der Waals surface area contributed by atoms with Crippen molar-refractivity contribution in [1.82, 2.24) is 15.5 Å². The summed E-state index contributed by atoms with van der Waals surface area (Å²) in [6, 6.07) is 0. The Morgan fingerprint density at radius 1 is 1.47 bits per heavy atom. The lowest BCUT2D eigenvalue weighted by Crippen LogP contribution is -2.36. The molecule has 1 rings (SSSR count). The van der Waals surface area contributed by atoms with Gasteiger partial charge in [-0.15, -0.1) is 0 Å². The van der Waals surface area contributed by atoms with E-state index in [2.05, 4.69) is 15.5 Å². The fraction of sp³-hybridized carbons (Fsp3) is 0.727. The Hall–Kier alpha value is -0.870. The van der Waals surface area contributed by atoms with E-state index in [9.17, 15) is 5.11 Å². The Kier molecular flexibility index (Phi) is 3.88. The highest BCUT2D eigenvalue weighted by Crippen LogP contribution is 2.10. The molecule has 1 heterocycles. The van der Waals surface area contributed by atoms with Gasteiger partial charge in [0.2, 0.25) is 0 Å². The fourth-order valence-electron chi connectivity index (χ4n) is 1.42. The number of aliphatic hydroxyl groups is 1. The van der Waals surface area contributed by atoms with Gasteiger partial charge in [0.25, 0.3) is 0 Å². The summed E-state index contributed by atoms with van der Waals surface area (Å²) in [4.78, 5) is 0. The molecule has 3 N–H and O–H groups in total. The van der Waals surface area contributed by atoms with E-state index in [-0.39, 0.29) is 0 Å². The molecule has 0 saturated heterocycles. The molecule has 0 saturated carbocycles. The van der Waals surface area contributed by atoms with Gasteiger partial charge in [0, 0.05) is 24.3 Å². The van der Waals surface area contributed by atoms with Gasteiger partial charge in [0.1, 0.15) is 0 Å². The predicted molar refractivity (Wildman–Crippen MR) is 60.7 cm³/mol. The van der Waals surface area contributed by atoms with E-state index in [1.54, 1.807) is 0 Å². The molecule has 1 atom stereocenters. The standard InChI is InChI=1S/C11H21N3O/c1-5-11(4,15)7-12-6-10-8(2)13-14-9(10)3/h12,15H,5-7H2,1-4H3,(H,13,14). The molecular formula is C11H21N3O. The largest absolute Gasteiger partial charge is 0.389 e. The van der Waals surface area contributed by atoms with Crippen molar-refractivity contribution in [2.75, 3.05) is 6.54 Å². The number of nitrogens with one attached hydrogen (secondary N) is 2. The van der Waals surface area contributed by atoms with Crippen LogP contribution in [0.2, 0.25) is 0 Å². The summed E-state index contributed by atoms with van der Waals surface area (Å²) >= 11 is 0. The van der Waals surface area contributed by atoms with Crippen LogP contribution in [0.5, 0.6) is 0 Å². The normalized spacial score (nSPS) is 15.3. The molecule has 86 valence electrons. The fourth-order valence-corrected chi connectivity index (χ4v) is 1.42. The van der Waals surface area contributed by atoms with E-state index in [1.807, 2.05) is 27.7 Å². The summed E-state index contributed by atoms with van der Waals surface area (Å²) in [5.74, 6) is 0. The van der Waals surface area contributed by atoms with Gasteiger partial charge >= 0.3 is 0 Å². The summed E-state index contributed by atoms with van der Waals surface area (Å²) in [6.07, 6.45) is 0.753. The Balaban J connectivity index is 2.45. The van der Waals surface area contributed by atoms with Gasteiger partial charge in [-0.3, -0.25) is 5.10 Å². The van der Waals surface area contributed by atoms with Crippen LogP contribution in [0.4, 0.5) is 0 Å². The quantitative estimate of drug-likeness (QED) is 0.687. The molecule has 0 bridgehead atoms. The molecule has 0 aromatic carbocycles. The van der Waals surface area contributed by atoms with Crippen LogP contribution in [0.3, 0.4) is 0 Å². The second-order valence-electron chi connectivity index (χ2n) is 4.37. The summed E-state index contributed by atoms with van der Waals surface area (Å²) < 4.78 is 0. The predicted octanol–water partition coefficient (Wildman–Crippen LogP) is 1.28. The van der Waals surface area contributed by atoms with E-state index < -0.39 is 5.60 Å². The van der Waals surface area contributed by atoms with Gasteiger partial charge in [0.05, 0.1) is 11.3 Å². The number of hydrogen-bond donors (Lipinski definition) is 3. The first-order chi connectivity index (χ1) is 6.96. The lowest BCUT2D eigenvalue weighted by molar-refractivity contribution is 0.0555. The highest BCUT2D eigenvalue weighted by molar-refractivity contribution is 5.22. The van der Waals surface area contributed by atoms with Gasteiger partial charge in [-0.05, 0) is 27.2 Å². The van der Waals surface area contributed by atoms with Gasteiger partial charge in [0.15, 0.2) is 0 Å². The van der Waals surface area contributed by atoms with Crippen molar-refractivity contribution in [3.63, 3.8) is 0 Å².